The summed E-state index contributed by atoms with van der Waals surface area (Å²) in [5.41, 5.74) is 1.53. The molecule has 1 aliphatic carbocycles. The molecular weight excluding hydrogens is 229 g/mol. The molecule has 0 amide bonds. The van der Waals surface area contributed by atoms with E-state index in [2.05, 4.69) is 19.2 Å². The van der Waals surface area contributed by atoms with Gasteiger partial charge in [-0.1, -0.05) is 29.3 Å². The second kappa shape index (κ2) is 3.97. The Kier molecular flexibility index (Phi) is 2.98. The van der Waals surface area contributed by atoms with Crippen LogP contribution < -0.4 is 5.32 Å². The average molecular weight is 244 g/mol. The maximum Gasteiger partial charge on any atom is 0.0595 e. The van der Waals surface area contributed by atoms with Gasteiger partial charge in [-0.2, -0.15) is 0 Å². The standard InChI is InChI=1S/C12H15Cl2N/c1-8(15-12(2)5-6-12)9-3-4-10(13)11(14)7-9/h3-4,7-8,15H,5-6H2,1-2H3. The zero-order valence-electron chi connectivity index (χ0n) is 8.98. The summed E-state index contributed by atoms with van der Waals surface area (Å²) in [6.45, 7) is 4.41. The van der Waals surface area contributed by atoms with E-state index >= 15 is 0 Å². The summed E-state index contributed by atoms with van der Waals surface area (Å²) in [6, 6.07) is 6.14. The smallest absolute Gasteiger partial charge is 0.0595 e. The van der Waals surface area contributed by atoms with Gasteiger partial charge < -0.3 is 5.32 Å². The third-order valence-corrected chi connectivity index (χ3v) is 3.75. The van der Waals surface area contributed by atoms with Crippen molar-refractivity contribution in [2.45, 2.75) is 38.3 Å². The predicted molar refractivity (Wildman–Crippen MR) is 65.7 cm³/mol. The van der Waals surface area contributed by atoms with Crippen LogP contribution in [0.2, 0.25) is 10.0 Å². The van der Waals surface area contributed by atoms with Crippen molar-refractivity contribution in [3.63, 3.8) is 0 Å². The number of halogens is 2. The number of rotatable bonds is 3. The highest BCUT2D eigenvalue weighted by atomic mass is 35.5. The fourth-order valence-electron chi connectivity index (χ4n) is 1.72. The molecule has 0 bridgehead atoms. The van der Waals surface area contributed by atoms with Crippen LogP contribution in [0.1, 0.15) is 38.3 Å². The van der Waals surface area contributed by atoms with Gasteiger partial charge >= 0.3 is 0 Å². The summed E-state index contributed by atoms with van der Waals surface area (Å²) >= 11 is 11.9. The molecule has 1 aliphatic rings. The Morgan fingerprint density at radius 2 is 1.93 bits per heavy atom. The Morgan fingerprint density at radius 1 is 1.27 bits per heavy atom. The molecule has 1 aromatic rings. The number of hydrogen-bond donors (Lipinski definition) is 1. The lowest BCUT2D eigenvalue weighted by Gasteiger charge is -2.19. The Labute approximate surface area is 101 Å². The fraction of sp³-hybridized carbons (Fsp3) is 0.500. The van der Waals surface area contributed by atoms with Gasteiger partial charge in [-0.3, -0.25) is 0 Å². The summed E-state index contributed by atoms with van der Waals surface area (Å²) in [7, 11) is 0. The van der Waals surface area contributed by atoms with Crippen LogP contribution in [-0.2, 0) is 0 Å². The molecule has 1 N–H and O–H groups in total. The van der Waals surface area contributed by atoms with Crippen LogP contribution in [0.15, 0.2) is 18.2 Å². The largest absolute Gasteiger partial charge is 0.305 e. The molecule has 3 heteroatoms. The molecule has 2 rings (SSSR count). The van der Waals surface area contributed by atoms with E-state index in [4.69, 9.17) is 23.2 Å². The molecule has 15 heavy (non-hydrogen) atoms. The predicted octanol–water partition coefficient (Wildman–Crippen LogP) is 4.20. The summed E-state index contributed by atoms with van der Waals surface area (Å²) in [5, 5.41) is 4.84. The Balaban J connectivity index is 2.11. The van der Waals surface area contributed by atoms with Gasteiger partial charge in [0.15, 0.2) is 0 Å². The van der Waals surface area contributed by atoms with Crippen molar-refractivity contribution >= 4 is 23.2 Å². The lowest BCUT2D eigenvalue weighted by molar-refractivity contribution is 0.467. The van der Waals surface area contributed by atoms with E-state index < -0.39 is 0 Å². The SMILES string of the molecule is CC(NC1(C)CC1)c1ccc(Cl)c(Cl)c1. The molecule has 0 radical (unpaired) electrons. The molecule has 0 spiro atoms. The van der Waals surface area contributed by atoms with Gasteiger partial charge in [0.05, 0.1) is 10.0 Å². The van der Waals surface area contributed by atoms with E-state index in [1.54, 1.807) is 0 Å². The van der Waals surface area contributed by atoms with Crippen LogP contribution in [0.5, 0.6) is 0 Å². The molecule has 1 aromatic carbocycles. The highest BCUT2D eigenvalue weighted by Gasteiger charge is 2.38. The van der Waals surface area contributed by atoms with Crippen LogP contribution >= 0.6 is 23.2 Å². The molecule has 0 saturated heterocycles. The van der Waals surface area contributed by atoms with E-state index in [9.17, 15) is 0 Å². The molecule has 1 unspecified atom stereocenters. The molecule has 0 heterocycles. The maximum absolute atomic E-state index is 5.99. The monoisotopic (exact) mass is 243 g/mol. The third-order valence-electron chi connectivity index (χ3n) is 3.01. The fourth-order valence-corrected chi connectivity index (χ4v) is 2.03. The average Bonchev–Trinajstić information content (AvgIpc) is 2.88. The van der Waals surface area contributed by atoms with E-state index in [-0.39, 0.29) is 0 Å². The first-order valence-corrected chi connectivity index (χ1v) is 5.98. The number of hydrogen-bond acceptors (Lipinski definition) is 1. The van der Waals surface area contributed by atoms with Gasteiger partial charge in [0.2, 0.25) is 0 Å². The van der Waals surface area contributed by atoms with Gasteiger partial charge in [0.25, 0.3) is 0 Å². The van der Waals surface area contributed by atoms with Crippen molar-refractivity contribution in [3.8, 4) is 0 Å². The van der Waals surface area contributed by atoms with E-state index in [0.29, 0.717) is 21.6 Å². The molecule has 1 atom stereocenters. The molecule has 1 fully saturated rings. The van der Waals surface area contributed by atoms with Crippen molar-refractivity contribution in [1.82, 2.24) is 5.32 Å². The first kappa shape index (κ1) is 11.3. The topological polar surface area (TPSA) is 12.0 Å². The number of benzene rings is 1. The highest BCUT2D eigenvalue weighted by molar-refractivity contribution is 6.42. The van der Waals surface area contributed by atoms with Crippen molar-refractivity contribution in [1.29, 1.82) is 0 Å². The van der Waals surface area contributed by atoms with Gasteiger partial charge in [0, 0.05) is 11.6 Å². The minimum absolute atomic E-state index is 0.326. The van der Waals surface area contributed by atoms with Crippen molar-refractivity contribution in [3.05, 3.63) is 33.8 Å². The first-order chi connectivity index (χ1) is 7.00. The molecule has 0 aromatic heterocycles. The minimum atomic E-state index is 0.326. The van der Waals surface area contributed by atoms with E-state index in [1.807, 2.05) is 18.2 Å². The quantitative estimate of drug-likeness (QED) is 0.840. The zero-order chi connectivity index (χ0) is 11.1. The van der Waals surface area contributed by atoms with E-state index in [0.717, 1.165) is 0 Å². The second-order valence-corrected chi connectivity index (χ2v) is 5.41. The Morgan fingerprint density at radius 3 is 2.47 bits per heavy atom. The van der Waals surface area contributed by atoms with Crippen molar-refractivity contribution in [2.24, 2.45) is 0 Å². The summed E-state index contributed by atoms with van der Waals surface area (Å²) in [6.07, 6.45) is 2.53. The normalized spacial score (nSPS) is 20.0. The van der Waals surface area contributed by atoms with Gasteiger partial charge in [-0.15, -0.1) is 0 Å². The van der Waals surface area contributed by atoms with Gasteiger partial charge in [-0.05, 0) is 44.4 Å². The molecule has 1 saturated carbocycles. The molecule has 0 aliphatic heterocycles. The lowest BCUT2D eigenvalue weighted by Crippen LogP contribution is -2.30. The molecule has 82 valence electrons. The van der Waals surface area contributed by atoms with Crippen molar-refractivity contribution in [2.75, 3.05) is 0 Å². The van der Waals surface area contributed by atoms with Gasteiger partial charge in [0.1, 0.15) is 0 Å². The Hall–Kier alpha value is -0.240. The van der Waals surface area contributed by atoms with Crippen LogP contribution in [0.4, 0.5) is 0 Å². The first-order valence-electron chi connectivity index (χ1n) is 5.23. The summed E-state index contributed by atoms with van der Waals surface area (Å²) < 4.78 is 0. The zero-order valence-corrected chi connectivity index (χ0v) is 10.5. The highest BCUT2D eigenvalue weighted by Crippen LogP contribution is 2.37. The second-order valence-electron chi connectivity index (χ2n) is 4.60. The third kappa shape index (κ3) is 2.66. The van der Waals surface area contributed by atoms with Crippen LogP contribution in [0.3, 0.4) is 0 Å². The summed E-state index contributed by atoms with van der Waals surface area (Å²) in [4.78, 5) is 0. The van der Waals surface area contributed by atoms with Crippen LogP contribution in [0, 0.1) is 0 Å². The maximum atomic E-state index is 5.99. The minimum Gasteiger partial charge on any atom is -0.305 e. The lowest BCUT2D eigenvalue weighted by atomic mass is 10.1. The van der Waals surface area contributed by atoms with E-state index in [1.165, 1.54) is 18.4 Å². The summed E-state index contributed by atoms with van der Waals surface area (Å²) in [5.74, 6) is 0. The molecule has 1 nitrogen and oxygen atoms in total. The van der Waals surface area contributed by atoms with Crippen molar-refractivity contribution < 1.29 is 0 Å². The Bertz CT molecular complexity index is 372. The van der Waals surface area contributed by atoms with Gasteiger partial charge in [-0.25, -0.2) is 0 Å². The molecular formula is C12H15Cl2N. The number of nitrogens with one attached hydrogen (secondary N) is 1. The van der Waals surface area contributed by atoms with Crippen LogP contribution in [-0.4, -0.2) is 5.54 Å². The van der Waals surface area contributed by atoms with Crippen LogP contribution in [0.25, 0.3) is 0 Å².